The molecule has 0 aromatic carbocycles. The third-order valence-electron chi connectivity index (χ3n) is 3.35. The summed E-state index contributed by atoms with van der Waals surface area (Å²) in [5, 5.41) is 9.60. The van der Waals surface area contributed by atoms with Crippen molar-refractivity contribution in [2.45, 2.75) is 40.5 Å². The smallest absolute Gasteiger partial charge is 0.323 e. The maximum absolute atomic E-state index is 12.2. The van der Waals surface area contributed by atoms with Crippen molar-refractivity contribution in [3.8, 4) is 0 Å². The fourth-order valence-electron chi connectivity index (χ4n) is 2.32. The Morgan fingerprint density at radius 2 is 1.84 bits per heavy atom. The predicted molar refractivity (Wildman–Crippen MR) is 71.8 cm³/mol. The predicted octanol–water partition coefficient (Wildman–Crippen LogP) is 2.34. The molecule has 0 aromatic rings. The Morgan fingerprint density at radius 3 is 2.21 bits per heavy atom. The zero-order valence-corrected chi connectivity index (χ0v) is 12.6. The van der Waals surface area contributed by atoms with Gasteiger partial charge < -0.3 is 14.6 Å². The zero-order valence-electron chi connectivity index (χ0n) is 12.6. The Kier molecular flexibility index (Phi) is 7.68. The molecule has 0 aliphatic heterocycles. The number of carboxylic acid groups (broad SMARTS) is 1. The van der Waals surface area contributed by atoms with Crippen LogP contribution in [0.4, 0.5) is 0 Å². The van der Waals surface area contributed by atoms with E-state index in [1.165, 1.54) is 0 Å². The molecule has 0 aliphatic carbocycles. The molecule has 0 bridgehead atoms. The lowest BCUT2D eigenvalue weighted by atomic mass is 9.69. The van der Waals surface area contributed by atoms with Gasteiger partial charge in [-0.2, -0.15) is 0 Å². The quantitative estimate of drug-likeness (QED) is 0.516. The highest BCUT2D eigenvalue weighted by Gasteiger charge is 2.51. The highest BCUT2D eigenvalue weighted by molar-refractivity contribution is 5.99. The lowest BCUT2D eigenvalue weighted by Crippen LogP contribution is -2.47. The standard InChI is InChI=1S/C14H26O5/c1-6-19-13(17)14(12(15)16,9-10(2)3)11(4)7-8-18-5/h10-11H,6-9H2,1-5H3,(H,15,16). The van der Waals surface area contributed by atoms with Gasteiger partial charge in [-0.1, -0.05) is 20.8 Å². The molecular weight excluding hydrogens is 248 g/mol. The topological polar surface area (TPSA) is 72.8 Å². The highest BCUT2D eigenvalue weighted by Crippen LogP contribution is 2.38. The Hall–Kier alpha value is -1.10. The lowest BCUT2D eigenvalue weighted by molar-refractivity contribution is -0.175. The van der Waals surface area contributed by atoms with E-state index in [4.69, 9.17) is 9.47 Å². The van der Waals surface area contributed by atoms with Crippen molar-refractivity contribution in [1.82, 2.24) is 0 Å². The van der Waals surface area contributed by atoms with E-state index in [2.05, 4.69) is 0 Å². The van der Waals surface area contributed by atoms with Crippen LogP contribution in [0.25, 0.3) is 0 Å². The molecule has 5 heteroatoms. The van der Waals surface area contributed by atoms with Crippen LogP contribution in [0.5, 0.6) is 0 Å². The molecule has 19 heavy (non-hydrogen) atoms. The van der Waals surface area contributed by atoms with E-state index >= 15 is 0 Å². The molecule has 0 fully saturated rings. The van der Waals surface area contributed by atoms with Gasteiger partial charge in [0.2, 0.25) is 0 Å². The first-order chi connectivity index (χ1) is 8.82. The van der Waals surface area contributed by atoms with Crippen LogP contribution in [0, 0.1) is 17.3 Å². The van der Waals surface area contributed by atoms with Gasteiger partial charge in [-0.05, 0) is 31.6 Å². The molecule has 0 rings (SSSR count). The van der Waals surface area contributed by atoms with Crippen molar-refractivity contribution >= 4 is 11.9 Å². The first-order valence-corrected chi connectivity index (χ1v) is 6.72. The van der Waals surface area contributed by atoms with Crippen LogP contribution in [-0.2, 0) is 19.1 Å². The van der Waals surface area contributed by atoms with E-state index in [0.717, 1.165) is 0 Å². The summed E-state index contributed by atoms with van der Waals surface area (Å²) < 4.78 is 10.00. The SMILES string of the molecule is CCOC(=O)C(CC(C)C)(C(=O)O)C(C)CCOC. The molecular formula is C14H26O5. The minimum Gasteiger partial charge on any atom is -0.480 e. The second-order valence-electron chi connectivity index (χ2n) is 5.28. The van der Waals surface area contributed by atoms with Crippen LogP contribution in [-0.4, -0.2) is 37.4 Å². The largest absolute Gasteiger partial charge is 0.480 e. The van der Waals surface area contributed by atoms with E-state index in [0.29, 0.717) is 13.0 Å². The number of carbonyl (C=O) groups excluding carboxylic acids is 1. The van der Waals surface area contributed by atoms with Gasteiger partial charge >= 0.3 is 11.9 Å². The average Bonchev–Trinajstić information content (AvgIpc) is 2.32. The number of aliphatic carboxylic acids is 1. The maximum atomic E-state index is 12.2. The van der Waals surface area contributed by atoms with Gasteiger partial charge in [0.25, 0.3) is 0 Å². The van der Waals surface area contributed by atoms with Gasteiger partial charge in [0, 0.05) is 13.7 Å². The lowest BCUT2D eigenvalue weighted by Gasteiger charge is -2.34. The van der Waals surface area contributed by atoms with Gasteiger partial charge in [-0.3, -0.25) is 9.59 Å². The molecule has 0 aromatic heterocycles. The summed E-state index contributed by atoms with van der Waals surface area (Å²) in [6.07, 6.45) is 0.778. The van der Waals surface area contributed by atoms with E-state index in [1.807, 2.05) is 13.8 Å². The minimum atomic E-state index is -1.48. The van der Waals surface area contributed by atoms with Crippen molar-refractivity contribution in [3.63, 3.8) is 0 Å². The summed E-state index contributed by atoms with van der Waals surface area (Å²) in [4.78, 5) is 23.9. The van der Waals surface area contributed by atoms with Crippen LogP contribution in [0.3, 0.4) is 0 Å². The second-order valence-corrected chi connectivity index (χ2v) is 5.28. The van der Waals surface area contributed by atoms with Crippen LogP contribution in [0.15, 0.2) is 0 Å². The van der Waals surface area contributed by atoms with Gasteiger partial charge in [-0.25, -0.2) is 0 Å². The molecule has 0 radical (unpaired) electrons. The van der Waals surface area contributed by atoms with E-state index in [9.17, 15) is 14.7 Å². The molecule has 2 unspecified atom stereocenters. The van der Waals surface area contributed by atoms with Crippen LogP contribution in [0.1, 0.15) is 40.5 Å². The summed E-state index contributed by atoms with van der Waals surface area (Å²) in [6.45, 7) is 7.86. The number of carboxylic acids is 1. The second kappa shape index (κ2) is 8.15. The fourth-order valence-corrected chi connectivity index (χ4v) is 2.32. The molecule has 5 nitrogen and oxygen atoms in total. The van der Waals surface area contributed by atoms with Gasteiger partial charge in [-0.15, -0.1) is 0 Å². The van der Waals surface area contributed by atoms with Crippen molar-refractivity contribution in [1.29, 1.82) is 0 Å². The molecule has 2 atom stereocenters. The Morgan fingerprint density at radius 1 is 1.26 bits per heavy atom. The first-order valence-electron chi connectivity index (χ1n) is 6.72. The normalized spacial score (nSPS) is 15.9. The van der Waals surface area contributed by atoms with Gasteiger partial charge in [0.1, 0.15) is 0 Å². The summed E-state index contributed by atoms with van der Waals surface area (Å²) in [6, 6.07) is 0. The highest BCUT2D eigenvalue weighted by atomic mass is 16.5. The maximum Gasteiger partial charge on any atom is 0.323 e. The molecule has 0 heterocycles. The number of ether oxygens (including phenoxy) is 2. The molecule has 1 N–H and O–H groups in total. The molecule has 0 saturated carbocycles. The summed E-state index contributed by atoms with van der Waals surface area (Å²) in [7, 11) is 1.56. The number of esters is 1. The molecule has 0 amide bonds. The Balaban J connectivity index is 5.36. The number of methoxy groups -OCH3 is 1. The molecule has 0 aliphatic rings. The van der Waals surface area contributed by atoms with Gasteiger partial charge in [0.15, 0.2) is 5.41 Å². The number of hydrogen-bond acceptors (Lipinski definition) is 4. The molecule has 112 valence electrons. The molecule has 0 saturated heterocycles. The monoisotopic (exact) mass is 274 g/mol. The summed E-state index contributed by atoms with van der Waals surface area (Å²) in [5.74, 6) is -2.00. The number of hydrogen-bond donors (Lipinski definition) is 1. The van der Waals surface area contributed by atoms with Crippen molar-refractivity contribution in [2.24, 2.45) is 17.3 Å². The fraction of sp³-hybridized carbons (Fsp3) is 0.857. The van der Waals surface area contributed by atoms with Crippen LogP contribution < -0.4 is 0 Å². The summed E-state index contributed by atoms with van der Waals surface area (Å²) >= 11 is 0. The van der Waals surface area contributed by atoms with Gasteiger partial charge in [0.05, 0.1) is 6.61 Å². The minimum absolute atomic E-state index is 0.0884. The van der Waals surface area contributed by atoms with Crippen LogP contribution in [0.2, 0.25) is 0 Å². The van der Waals surface area contributed by atoms with E-state index in [-0.39, 0.29) is 24.9 Å². The summed E-state index contributed by atoms with van der Waals surface area (Å²) in [5.41, 5.74) is -1.48. The number of rotatable bonds is 9. The van der Waals surface area contributed by atoms with Crippen LogP contribution >= 0.6 is 0 Å². The van der Waals surface area contributed by atoms with E-state index < -0.39 is 17.4 Å². The first kappa shape index (κ1) is 17.9. The Labute approximate surface area is 115 Å². The zero-order chi connectivity index (χ0) is 15.1. The average molecular weight is 274 g/mol. The van der Waals surface area contributed by atoms with Crippen molar-refractivity contribution in [3.05, 3.63) is 0 Å². The van der Waals surface area contributed by atoms with Crippen molar-refractivity contribution in [2.75, 3.05) is 20.3 Å². The third kappa shape index (κ3) is 4.49. The molecule has 0 spiro atoms. The number of carbonyl (C=O) groups is 2. The van der Waals surface area contributed by atoms with Crippen molar-refractivity contribution < 1.29 is 24.2 Å². The van der Waals surface area contributed by atoms with E-state index in [1.54, 1.807) is 21.0 Å². The Bertz CT molecular complexity index is 300. The third-order valence-corrected chi connectivity index (χ3v) is 3.35.